The van der Waals surface area contributed by atoms with Gasteiger partial charge in [-0.15, -0.1) is 0 Å². The van der Waals surface area contributed by atoms with E-state index in [1.807, 2.05) is 6.92 Å². The maximum atomic E-state index is 11.8. The standard InChI is InChI=1S/C12H14N4O2S/c1-3-13-12(19)16-15-10-8-5-4-7(18-2)6-9(8)14-11(10)17/h4-6H,3H2,1-2H3,(H2,13,16,19)(H,14,15,17). The predicted molar refractivity (Wildman–Crippen MR) is 77.6 cm³/mol. The second-order valence-electron chi connectivity index (χ2n) is 3.80. The number of fused-ring (bicyclic) bond motifs is 1. The molecule has 1 aliphatic rings. The van der Waals surface area contributed by atoms with Crippen LogP contribution in [0.15, 0.2) is 23.3 Å². The molecule has 0 atom stereocenters. The highest BCUT2D eigenvalue weighted by atomic mass is 32.1. The number of benzene rings is 1. The SMILES string of the molecule is CCNC(=S)N/N=C1\C(=O)Nc2cc(OC)ccc21. The Morgan fingerprint density at radius 1 is 1.53 bits per heavy atom. The molecule has 1 heterocycles. The van der Waals surface area contributed by atoms with Crippen molar-refractivity contribution in [2.75, 3.05) is 19.0 Å². The van der Waals surface area contributed by atoms with Crippen LogP contribution in [0.25, 0.3) is 0 Å². The van der Waals surface area contributed by atoms with Gasteiger partial charge in [0.25, 0.3) is 5.91 Å². The second kappa shape index (κ2) is 5.66. The Balaban J connectivity index is 2.22. The van der Waals surface area contributed by atoms with Gasteiger partial charge < -0.3 is 15.4 Å². The molecule has 19 heavy (non-hydrogen) atoms. The van der Waals surface area contributed by atoms with Gasteiger partial charge in [0.05, 0.1) is 12.8 Å². The number of rotatable bonds is 3. The zero-order valence-corrected chi connectivity index (χ0v) is 11.4. The van der Waals surface area contributed by atoms with Crippen molar-refractivity contribution in [1.82, 2.24) is 10.7 Å². The molecule has 1 aliphatic heterocycles. The lowest BCUT2D eigenvalue weighted by molar-refractivity contribution is -0.110. The molecule has 2 rings (SSSR count). The molecular formula is C12H14N4O2S. The lowest BCUT2D eigenvalue weighted by atomic mass is 10.1. The second-order valence-corrected chi connectivity index (χ2v) is 4.21. The summed E-state index contributed by atoms with van der Waals surface area (Å²) in [5.74, 6) is 0.409. The zero-order valence-electron chi connectivity index (χ0n) is 10.6. The van der Waals surface area contributed by atoms with E-state index in [0.29, 0.717) is 28.8 Å². The number of carbonyl (C=O) groups is 1. The third kappa shape index (κ3) is 2.82. The Hall–Kier alpha value is -2.15. The van der Waals surface area contributed by atoms with E-state index in [0.717, 1.165) is 5.56 Å². The summed E-state index contributed by atoms with van der Waals surface area (Å²) in [6, 6.07) is 5.30. The van der Waals surface area contributed by atoms with E-state index in [1.165, 1.54) is 0 Å². The molecule has 0 spiro atoms. The lowest BCUT2D eigenvalue weighted by Gasteiger charge is -2.04. The largest absolute Gasteiger partial charge is 0.497 e. The first-order valence-electron chi connectivity index (χ1n) is 5.77. The molecule has 0 saturated carbocycles. The van der Waals surface area contributed by atoms with Crippen molar-refractivity contribution in [3.05, 3.63) is 23.8 Å². The summed E-state index contributed by atoms with van der Waals surface area (Å²) in [5.41, 5.74) is 4.35. The van der Waals surface area contributed by atoms with Gasteiger partial charge in [-0.3, -0.25) is 10.2 Å². The van der Waals surface area contributed by atoms with Crippen LogP contribution in [0.3, 0.4) is 0 Å². The number of amides is 1. The summed E-state index contributed by atoms with van der Waals surface area (Å²) in [4.78, 5) is 11.8. The third-order valence-electron chi connectivity index (χ3n) is 2.55. The number of thiocarbonyl (C=S) groups is 1. The van der Waals surface area contributed by atoms with E-state index < -0.39 is 0 Å². The molecule has 100 valence electrons. The van der Waals surface area contributed by atoms with E-state index in [-0.39, 0.29) is 5.91 Å². The van der Waals surface area contributed by atoms with Crippen LogP contribution in [0.1, 0.15) is 12.5 Å². The average Bonchev–Trinajstić information content (AvgIpc) is 2.71. The Morgan fingerprint density at radius 3 is 3.00 bits per heavy atom. The van der Waals surface area contributed by atoms with E-state index in [4.69, 9.17) is 17.0 Å². The molecule has 7 heteroatoms. The monoisotopic (exact) mass is 278 g/mol. The van der Waals surface area contributed by atoms with Crippen LogP contribution in [0.2, 0.25) is 0 Å². The number of carbonyl (C=O) groups excluding carboxylic acids is 1. The first kappa shape index (κ1) is 13.3. The minimum absolute atomic E-state index is 0.268. The number of nitrogens with one attached hydrogen (secondary N) is 3. The van der Waals surface area contributed by atoms with Crippen LogP contribution in [0, 0.1) is 0 Å². The number of ether oxygens (including phenoxy) is 1. The summed E-state index contributed by atoms with van der Waals surface area (Å²) < 4.78 is 5.10. The van der Waals surface area contributed by atoms with Crippen LogP contribution in [-0.4, -0.2) is 30.4 Å². The molecule has 0 radical (unpaired) electrons. The smallest absolute Gasteiger partial charge is 0.276 e. The van der Waals surface area contributed by atoms with Crippen molar-refractivity contribution in [2.45, 2.75) is 6.92 Å². The maximum Gasteiger partial charge on any atom is 0.276 e. The molecule has 0 saturated heterocycles. The number of anilines is 1. The van der Waals surface area contributed by atoms with Gasteiger partial charge in [0, 0.05) is 18.2 Å². The summed E-state index contributed by atoms with van der Waals surface area (Å²) in [6.45, 7) is 2.61. The van der Waals surface area contributed by atoms with Gasteiger partial charge in [0.2, 0.25) is 0 Å². The Kier molecular flexibility index (Phi) is 3.96. The van der Waals surface area contributed by atoms with Crippen molar-refractivity contribution in [3.8, 4) is 5.75 Å². The molecule has 0 unspecified atom stereocenters. The third-order valence-corrected chi connectivity index (χ3v) is 2.79. The first-order chi connectivity index (χ1) is 9.15. The van der Waals surface area contributed by atoms with Gasteiger partial charge in [-0.05, 0) is 31.3 Å². The Labute approximate surface area is 116 Å². The molecule has 6 nitrogen and oxygen atoms in total. The number of hydrogen-bond donors (Lipinski definition) is 3. The van der Waals surface area contributed by atoms with Crippen LogP contribution >= 0.6 is 12.2 Å². The predicted octanol–water partition coefficient (Wildman–Crippen LogP) is 0.835. The van der Waals surface area contributed by atoms with E-state index in [1.54, 1.807) is 25.3 Å². The first-order valence-corrected chi connectivity index (χ1v) is 6.17. The average molecular weight is 278 g/mol. The summed E-state index contributed by atoms with van der Waals surface area (Å²) in [7, 11) is 1.57. The number of hydrogen-bond acceptors (Lipinski definition) is 4. The highest BCUT2D eigenvalue weighted by Crippen LogP contribution is 2.27. The molecule has 0 bridgehead atoms. The summed E-state index contributed by atoms with van der Waals surface area (Å²) in [6.07, 6.45) is 0. The highest BCUT2D eigenvalue weighted by Gasteiger charge is 2.26. The maximum absolute atomic E-state index is 11.8. The normalized spacial score (nSPS) is 14.8. The molecule has 1 amide bonds. The van der Waals surface area contributed by atoms with Crippen molar-refractivity contribution in [2.24, 2.45) is 5.10 Å². The Bertz CT molecular complexity index is 557. The van der Waals surface area contributed by atoms with Crippen molar-refractivity contribution < 1.29 is 9.53 Å². The summed E-state index contributed by atoms with van der Waals surface area (Å²) >= 11 is 4.98. The van der Waals surface area contributed by atoms with Crippen LogP contribution < -0.4 is 20.8 Å². The van der Waals surface area contributed by atoms with Crippen LogP contribution in [-0.2, 0) is 4.79 Å². The Morgan fingerprint density at radius 2 is 2.32 bits per heavy atom. The van der Waals surface area contributed by atoms with Gasteiger partial charge in [-0.25, -0.2) is 0 Å². The van der Waals surface area contributed by atoms with Crippen LogP contribution in [0.5, 0.6) is 5.75 Å². The number of hydrazone groups is 1. The minimum Gasteiger partial charge on any atom is -0.497 e. The van der Waals surface area contributed by atoms with Gasteiger partial charge in [0.15, 0.2) is 10.8 Å². The highest BCUT2D eigenvalue weighted by molar-refractivity contribution is 7.80. The topological polar surface area (TPSA) is 74.8 Å². The van der Waals surface area contributed by atoms with Gasteiger partial charge in [-0.2, -0.15) is 5.10 Å². The zero-order chi connectivity index (χ0) is 13.8. The van der Waals surface area contributed by atoms with Crippen molar-refractivity contribution >= 4 is 34.6 Å². The molecule has 3 N–H and O–H groups in total. The molecule has 1 aromatic carbocycles. The fourth-order valence-corrected chi connectivity index (χ4v) is 1.87. The quantitative estimate of drug-likeness (QED) is 0.564. The van der Waals surface area contributed by atoms with Gasteiger partial charge in [-0.1, -0.05) is 0 Å². The van der Waals surface area contributed by atoms with Gasteiger partial charge in [0.1, 0.15) is 5.75 Å². The fraction of sp³-hybridized carbons (Fsp3) is 0.250. The lowest BCUT2D eigenvalue weighted by Crippen LogP contribution is -2.33. The summed E-state index contributed by atoms with van der Waals surface area (Å²) in [5, 5.41) is 10.0. The van der Waals surface area contributed by atoms with Crippen molar-refractivity contribution in [3.63, 3.8) is 0 Å². The number of nitrogens with zero attached hydrogens (tertiary/aromatic N) is 1. The minimum atomic E-state index is -0.268. The van der Waals surface area contributed by atoms with Gasteiger partial charge >= 0.3 is 0 Å². The molecule has 0 fully saturated rings. The fourth-order valence-electron chi connectivity index (χ4n) is 1.68. The van der Waals surface area contributed by atoms with Crippen molar-refractivity contribution in [1.29, 1.82) is 0 Å². The van der Waals surface area contributed by atoms with E-state index in [9.17, 15) is 4.79 Å². The molecule has 0 aliphatic carbocycles. The molecular weight excluding hydrogens is 264 g/mol. The molecule has 0 aromatic heterocycles. The van der Waals surface area contributed by atoms with E-state index >= 15 is 0 Å². The van der Waals surface area contributed by atoms with Crippen LogP contribution in [0.4, 0.5) is 5.69 Å². The van der Waals surface area contributed by atoms with E-state index in [2.05, 4.69) is 21.2 Å². The number of methoxy groups -OCH3 is 1. The molecule has 1 aromatic rings.